The molecule has 132 valence electrons. The minimum absolute atomic E-state index is 0.0925. The first kappa shape index (κ1) is 20.4. The van der Waals surface area contributed by atoms with Crippen LogP contribution in [0.4, 0.5) is 0 Å². The Kier molecular flexibility index (Phi) is 6.43. The summed E-state index contributed by atoms with van der Waals surface area (Å²) >= 11 is 0.426. The molecule has 0 aliphatic rings. The van der Waals surface area contributed by atoms with Crippen LogP contribution < -0.4 is 7.55 Å². The zero-order valence-corrected chi connectivity index (χ0v) is 17.0. The van der Waals surface area contributed by atoms with Gasteiger partial charge in [-0.1, -0.05) is 0 Å². The summed E-state index contributed by atoms with van der Waals surface area (Å²) in [5.74, 6) is -0.811. The fraction of sp³-hybridized carbons (Fsp3) is 0.125. The summed E-state index contributed by atoms with van der Waals surface area (Å²) in [6, 6.07) is 7.95. The van der Waals surface area contributed by atoms with E-state index < -0.39 is 22.1 Å². The van der Waals surface area contributed by atoms with E-state index in [0.29, 0.717) is 36.5 Å². The van der Waals surface area contributed by atoms with Crippen molar-refractivity contribution in [2.24, 2.45) is 0 Å². The molecule has 26 heavy (non-hydrogen) atoms. The average Bonchev–Trinajstić information content (AvgIpc) is 2.60. The van der Waals surface area contributed by atoms with Crippen LogP contribution >= 0.6 is 0 Å². The first-order chi connectivity index (χ1) is 12.2. The number of hydrogen-bond acceptors (Lipinski definition) is 7. The summed E-state index contributed by atoms with van der Waals surface area (Å²) in [6.45, 7) is 0. The number of rotatable bonds is 5. The van der Waals surface area contributed by atoms with E-state index in [4.69, 9.17) is 9.29 Å². The van der Waals surface area contributed by atoms with Crippen molar-refractivity contribution < 1.29 is 36.8 Å². The molecule has 0 fully saturated rings. The average molecular weight is 388 g/mol. The number of benzene rings is 2. The standard InChI is InChI=1S/C16H13O8S.Na/c1-22-15(17)10-7-11(16(18)23-2)9-13(8-10)24-12-3-5-14(6-4-12)25(19,20)21;/h3,5-9H,1-2H3,(H,19,20,21);. The Morgan fingerprint density at radius 2 is 1.50 bits per heavy atom. The van der Waals surface area contributed by atoms with Gasteiger partial charge in [0.15, 0.2) is 0 Å². The van der Waals surface area contributed by atoms with Crippen molar-refractivity contribution in [3.05, 3.63) is 47.5 Å². The number of hydrogen-bond donors (Lipinski definition) is 1. The molecule has 1 N–H and O–H groups in total. The normalized spacial score (nSPS) is 11.0. The summed E-state index contributed by atoms with van der Waals surface area (Å²) in [4.78, 5) is 23.3. The van der Waals surface area contributed by atoms with Crippen LogP contribution in [-0.2, 0) is 19.6 Å². The molecule has 0 aliphatic heterocycles. The molecule has 2 aromatic rings. The van der Waals surface area contributed by atoms with Gasteiger partial charge in [-0.2, -0.15) is 0 Å². The number of methoxy groups -OCH3 is 2. The second-order valence-electron chi connectivity index (χ2n) is 5.23. The topological polar surface area (TPSA) is 116 Å². The number of ether oxygens (including phenoxy) is 3. The van der Waals surface area contributed by atoms with Gasteiger partial charge in [-0.15, -0.1) is 0 Å². The van der Waals surface area contributed by atoms with Crippen molar-refractivity contribution in [1.82, 2.24) is 0 Å². The molecule has 10 heteroatoms. The molecule has 0 saturated heterocycles. The minimum atomic E-state index is -4.31. The number of carbonyl (C=O) groups is 2. The summed E-state index contributed by atoms with van der Waals surface area (Å²) in [5, 5.41) is 0. The van der Waals surface area contributed by atoms with E-state index >= 15 is 0 Å². The van der Waals surface area contributed by atoms with Crippen LogP contribution in [0.2, 0.25) is 0 Å². The van der Waals surface area contributed by atoms with Crippen molar-refractivity contribution in [2.75, 3.05) is 14.2 Å². The fourth-order valence-corrected chi connectivity index (χ4v) is 3.51. The van der Waals surface area contributed by atoms with Gasteiger partial charge in [0.1, 0.15) is 0 Å². The third-order valence-electron chi connectivity index (χ3n) is 3.42. The van der Waals surface area contributed by atoms with Crippen molar-refractivity contribution in [2.45, 2.75) is 4.90 Å². The van der Waals surface area contributed by atoms with Gasteiger partial charge < -0.3 is 0 Å². The maximum absolute atomic E-state index is 11.8. The van der Waals surface area contributed by atoms with Gasteiger partial charge in [-0.25, -0.2) is 0 Å². The summed E-state index contributed by atoms with van der Waals surface area (Å²) < 4.78 is 47.0. The van der Waals surface area contributed by atoms with E-state index in [1.54, 1.807) is 0 Å². The van der Waals surface area contributed by atoms with E-state index in [1.165, 1.54) is 50.6 Å². The van der Waals surface area contributed by atoms with Crippen molar-refractivity contribution in [3.8, 4) is 11.5 Å². The zero-order chi connectivity index (χ0) is 19.5. The van der Waals surface area contributed by atoms with Crippen LogP contribution in [0.3, 0.4) is 0 Å². The molecule has 0 heterocycles. The molecule has 0 amide bonds. The molecule has 0 radical (unpaired) electrons. The Morgan fingerprint density at radius 3 is 1.92 bits per heavy atom. The molecule has 0 saturated carbocycles. The third kappa shape index (κ3) is 4.83. The molecule has 2 rings (SSSR count). The fourth-order valence-electron chi connectivity index (χ4n) is 2.15. The molecule has 0 spiro atoms. The molecule has 0 bridgehead atoms. The Morgan fingerprint density at radius 1 is 0.962 bits per heavy atom. The second kappa shape index (κ2) is 8.19. The predicted octanol–water partition coefficient (Wildman–Crippen LogP) is 1.09. The van der Waals surface area contributed by atoms with Gasteiger partial charge in [0, 0.05) is 0 Å². The molecular formula is C16H13NaO8S. The Balaban J connectivity index is 2.45. The van der Waals surface area contributed by atoms with Crippen molar-refractivity contribution in [3.63, 3.8) is 0 Å². The van der Waals surface area contributed by atoms with Crippen LogP contribution in [0.25, 0.3) is 0 Å². The molecule has 0 atom stereocenters. The predicted molar refractivity (Wildman–Crippen MR) is 90.8 cm³/mol. The van der Waals surface area contributed by atoms with Crippen molar-refractivity contribution >= 4 is 52.8 Å². The summed E-state index contributed by atoms with van der Waals surface area (Å²) in [6.07, 6.45) is 0. The Bertz CT molecular complexity index is 934. The van der Waals surface area contributed by atoms with E-state index in [9.17, 15) is 18.0 Å². The van der Waals surface area contributed by atoms with Gasteiger partial charge in [0.2, 0.25) is 0 Å². The monoisotopic (exact) mass is 388 g/mol. The Hall–Kier alpha value is -1.91. The van der Waals surface area contributed by atoms with Crippen LogP contribution in [0.1, 0.15) is 20.7 Å². The van der Waals surface area contributed by atoms with Gasteiger partial charge in [-0.3, -0.25) is 0 Å². The summed E-state index contributed by atoms with van der Waals surface area (Å²) in [7, 11) is -1.90. The van der Waals surface area contributed by atoms with Crippen LogP contribution in [0.5, 0.6) is 11.5 Å². The van der Waals surface area contributed by atoms with Crippen molar-refractivity contribution in [1.29, 1.82) is 0 Å². The van der Waals surface area contributed by atoms with Crippen LogP contribution in [-0.4, -0.2) is 67.1 Å². The van der Waals surface area contributed by atoms with E-state index in [1.807, 2.05) is 0 Å². The molecule has 8 nitrogen and oxygen atoms in total. The Labute approximate surface area is 167 Å². The van der Waals surface area contributed by atoms with Gasteiger partial charge >= 0.3 is 168 Å². The van der Waals surface area contributed by atoms with E-state index in [2.05, 4.69) is 9.47 Å². The zero-order valence-electron chi connectivity index (χ0n) is 14.2. The third-order valence-corrected chi connectivity index (χ3v) is 5.05. The first-order valence-corrected chi connectivity index (χ1v) is 9.67. The number of esters is 2. The van der Waals surface area contributed by atoms with Gasteiger partial charge in [0.05, 0.1) is 0 Å². The van der Waals surface area contributed by atoms with E-state index in [0.717, 1.165) is 0 Å². The van der Waals surface area contributed by atoms with Crippen LogP contribution in [0.15, 0.2) is 41.3 Å². The maximum atomic E-state index is 11.8. The molecule has 0 aliphatic carbocycles. The van der Waals surface area contributed by atoms with Gasteiger partial charge in [-0.05, 0) is 0 Å². The molecule has 0 aromatic heterocycles. The quantitative estimate of drug-likeness (QED) is 0.460. The SMILES string of the molecule is COC(=O)c1cc(Oc2ccc(S(=O)(=O)O)c[c]2[Na])cc(C(=O)OC)c1. The molecule has 0 unspecified atom stereocenters. The molecule has 2 aromatic carbocycles. The van der Waals surface area contributed by atoms with E-state index in [-0.39, 0.29) is 21.8 Å². The molecular weight excluding hydrogens is 375 g/mol. The summed E-state index contributed by atoms with van der Waals surface area (Å²) in [5.41, 5.74) is 0.185. The van der Waals surface area contributed by atoms with Crippen LogP contribution in [0, 0.1) is 0 Å². The number of carbonyl (C=O) groups excluding carboxylic acids is 2. The second-order valence-corrected chi connectivity index (χ2v) is 7.73. The van der Waals surface area contributed by atoms with Gasteiger partial charge in [0.25, 0.3) is 0 Å². The first-order valence-electron chi connectivity index (χ1n) is 7.23.